The highest BCUT2D eigenvalue weighted by Crippen LogP contribution is 2.25. The van der Waals surface area contributed by atoms with Crippen LogP contribution in [0.1, 0.15) is 13.8 Å². The number of nitrogens with one attached hydrogen (secondary N) is 1. The summed E-state index contributed by atoms with van der Waals surface area (Å²) in [5.41, 5.74) is 1.95. The Hall–Kier alpha value is -1.75. The summed E-state index contributed by atoms with van der Waals surface area (Å²) in [6.45, 7) is 7.27. The number of hydrogen-bond acceptors (Lipinski definition) is 5. The van der Waals surface area contributed by atoms with E-state index in [0.717, 1.165) is 32.0 Å². The summed E-state index contributed by atoms with van der Waals surface area (Å²) in [6, 6.07) is 0. The van der Waals surface area contributed by atoms with E-state index in [0.29, 0.717) is 0 Å². The molecule has 1 fully saturated rings. The molecule has 0 spiro atoms. The normalized spacial score (nSPS) is 25.2. The number of carbonyl (C=O) groups excluding carboxylic acids is 1. The molecule has 0 aromatic carbocycles. The molecule has 1 unspecified atom stereocenters. The Balaban J connectivity index is 1.72. The minimum atomic E-state index is 0.0137. The lowest BCUT2D eigenvalue weighted by atomic mass is 10.1. The molecule has 0 aliphatic carbocycles. The highest BCUT2D eigenvalue weighted by molar-refractivity contribution is 5.96. The van der Waals surface area contributed by atoms with Crippen LogP contribution < -0.4 is 5.32 Å². The minimum absolute atomic E-state index is 0.0137. The number of rotatable bonds is 3. The third-order valence-electron chi connectivity index (χ3n) is 3.86. The Morgan fingerprint density at radius 3 is 2.85 bits per heavy atom. The first-order valence-corrected chi connectivity index (χ1v) is 7.18. The number of Topliss-reactive ketones (excluding diaryl/α,β-unsaturated/α-hetero) is 1. The number of morpholine rings is 1. The van der Waals surface area contributed by atoms with Crippen molar-refractivity contribution in [2.45, 2.75) is 20.0 Å². The van der Waals surface area contributed by atoms with Crippen molar-refractivity contribution >= 4 is 5.78 Å². The van der Waals surface area contributed by atoms with E-state index in [1.807, 2.05) is 31.1 Å². The summed E-state index contributed by atoms with van der Waals surface area (Å²) in [7, 11) is 0. The molecule has 0 amide bonds. The first kappa shape index (κ1) is 13.2. The van der Waals surface area contributed by atoms with E-state index in [4.69, 9.17) is 4.74 Å². The highest BCUT2D eigenvalue weighted by Gasteiger charge is 2.31. The summed E-state index contributed by atoms with van der Waals surface area (Å²) < 4.78 is 5.38. The molecular formula is C15H21N3O2. The maximum atomic E-state index is 12.2. The largest absolute Gasteiger partial charge is 0.378 e. The summed E-state index contributed by atoms with van der Waals surface area (Å²) in [5.74, 6) is 0.188. The van der Waals surface area contributed by atoms with Gasteiger partial charge in [0.05, 0.1) is 13.2 Å². The van der Waals surface area contributed by atoms with Gasteiger partial charge >= 0.3 is 0 Å². The van der Waals surface area contributed by atoms with Crippen molar-refractivity contribution in [1.29, 1.82) is 0 Å². The summed E-state index contributed by atoms with van der Waals surface area (Å²) in [4.78, 5) is 16.5. The summed E-state index contributed by atoms with van der Waals surface area (Å²) >= 11 is 0. The van der Waals surface area contributed by atoms with E-state index in [9.17, 15) is 4.79 Å². The predicted molar refractivity (Wildman–Crippen MR) is 76.3 cm³/mol. The number of carbonyl (C=O) groups is 1. The average molecular weight is 275 g/mol. The molecule has 0 aromatic rings. The molecule has 0 saturated carbocycles. The van der Waals surface area contributed by atoms with Crippen LogP contribution in [0.15, 0.2) is 35.9 Å². The van der Waals surface area contributed by atoms with Crippen LogP contribution in [0, 0.1) is 5.92 Å². The van der Waals surface area contributed by atoms with Gasteiger partial charge in [-0.05, 0) is 12.2 Å². The lowest BCUT2D eigenvalue weighted by molar-refractivity contribution is -0.119. The van der Waals surface area contributed by atoms with Gasteiger partial charge < -0.3 is 19.9 Å². The number of hydrogen-bond donors (Lipinski definition) is 1. The van der Waals surface area contributed by atoms with E-state index < -0.39 is 0 Å². The van der Waals surface area contributed by atoms with Gasteiger partial charge in [-0.25, -0.2) is 0 Å². The zero-order valence-electron chi connectivity index (χ0n) is 12.0. The SMILES string of the molecule is CC(C)C(=O)C1=CNC2C=C(N3CCOCC3)C=CN12. The monoisotopic (exact) mass is 275 g/mol. The zero-order valence-corrected chi connectivity index (χ0v) is 12.0. The van der Waals surface area contributed by atoms with Crippen molar-refractivity contribution < 1.29 is 9.53 Å². The second kappa shape index (κ2) is 5.32. The Morgan fingerprint density at radius 1 is 1.40 bits per heavy atom. The maximum absolute atomic E-state index is 12.2. The summed E-state index contributed by atoms with van der Waals surface area (Å²) in [5, 5.41) is 3.27. The molecule has 5 heteroatoms. The van der Waals surface area contributed by atoms with Gasteiger partial charge in [-0.3, -0.25) is 4.79 Å². The third-order valence-corrected chi connectivity index (χ3v) is 3.86. The van der Waals surface area contributed by atoms with Crippen LogP contribution in [0.4, 0.5) is 0 Å². The van der Waals surface area contributed by atoms with Crippen molar-refractivity contribution in [3.05, 3.63) is 35.9 Å². The zero-order chi connectivity index (χ0) is 14.1. The highest BCUT2D eigenvalue weighted by atomic mass is 16.5. The van der Waals surface area contributed by atoms with Gasteiger partial charge in [0.2, 0.25) is 0 Å². The van der Waals surface area contributed by atoms with Gasteiger partial charge in [-0.2, -0.15) is 0 Å². The van der Waals surface area contributed by atoms with Crippen LogP contribution in [0.3, 0.4) is 0 Å². The second-order valence-electron chi connectivity index (χ2n) is 5.57. The van der Waals surface area contributed by atoms with Gasteiger partial charge in [0.1, 0.15) is 11.9 Å². The van der Waals surface area contributed by atoms with E-state index in [1.54, 1.807) is 0 Å². The van der Waals surface area contributed by atoms with E-state index >= 15 is 0 Å². The van der Waals surface area contributed by atoms with Gasteiger partial charge in [0.15, 0.2) is 5.78 Å². The molecule has 3 aliphatic heterocycles. The van der Waals surface area contributed by atoms with Crippen LogP contribution in [0.25, 0.3) is 0 Å². The van der Waals surface area contributed by atoms with Crippen molar-refractivity contribution in [3.8, 4) is 0 Å². The summed E-state index contributed by atoms with van der Waals surface area (Å²) in [6.07, 6.45) is 8.13. The molecule has 0 radical (unpaired) electrons. The van der Waals surface area contributed by atoms with Crippen molar-refractivity contribution in [1.82, 2.24) is 15.1 Å². The van der Waals surface area contributed by atoms with Gasteiger partial charge in [0.25, 0.3) is 0 Å². The fourth-order valence-electron chi connectivity index (χ4n) is 2.67. The number of fused-ring (bicyclic) bond motifs is 1. The standard InChI is InChI=1S/C15H21N3O2/c1-11(2)15(19)13-10-16-14-9-12(3-4-18(13)14)17-5-7-20-8-6-17/h3-4,9-11,14,16H,5-8H2,1-2H3. The van der Waals surface area contributed by atoms with Crippen molar-refractivity contribution in [2.24, 2.45) is 5.92 Å². The molecular weight excluding hydrogens is 254 g/mol. The number of ether oxygens (including phenoxy) is 1. The van der Waals surface area contributed by atoms with E-state index in [1.165, 1.54) is 5.70 Å². The maximum Gasteiger partial charge on any atom is 0.183 e. The van der Waals surface area contributed by atoms with Gasteiger partial charge in [-0.15, -0.1) is 0 Å². The van der Waals surface area contributed by atoms with Gasteiger partial charge in [-0.1, -0.05) is 13.8 Å². The Kier molecular flexibility index (Phi) is 3.53. The lowest BCUT2D eigenvalue weighted by Gasteiger charge is -2.34. The lowest BCUT2D eigenvalue weighted by Crippen LogP contribution is -2.40. The first-order valence-electron chi connectivity index (χ1n) is 7.18. The molecule has 1 atom stereocenters. The van der Waals surface area contributed by atoms with Gasteiger partial charge in [0, 0.05) is 37.1 Å². The second-order valence-corrected chi connectivity index (χ2v) is 5.57. The van der Waals surface area contributed by atoms with Crippen LogP contribution in [0.2, 0.25) is 0 Å². The van der Waals surface area contributed by atoms with E-state index in [-0.39, 0.29) is 17.9 Å². The fraction of sp³-hybridized carbons (Fsp3) is 0.533. The van der Waals surface area contributed by atoms with Crippen molar-refractivity contribution in [3.63, 3.8) is 0 Å². The minimum Gasteiger partial charge on any atom is -0.378 e. The van der Waals surface area contributed by atoms with Crippen LogP contribution >= 0.6 is 0 Å². The Morgan fingerprint density at radius 2 is 2.15 bits per heavy atom. The average Bonchev–Trinajstić information content (AvgIpc) is 2.90. The molecule has 20 heavy (non-hydrogen) atoms. The fourth-order valence-corrected chi connectivity index (χ4v) is 2.67. The van der Waals surface area contributed by atoms with Crippen molar-refractivity contribution in [2.75, 3.05) is 26.3 Å². The Bertz CT molecular complexity index is 487. The predicted octanol–water partition coefficient (Wildman–Crippen LogP) is 1.03. The molecule has 0 bridgehead atoms. The van der Waals surface area contributed by atoms with Crippen LogP contribution in [-0.4, -0.2) is 48.1 Å². The topological polar surface area (TPSA) is 44.8 Å². The molecule has 5 nitrogen and oxygen atoms in total. The molecule has 3 heterocycles. The molecule has 1 saturated heterocycles. The number of nitrogens with zero attached hydrogens (tertiary/aromatic N) is 2. The smallest absolute Gasteiger partial charge is 0.183 e. The van der Waals surface area contributed by atoms with E-state index in [2.05, 4.69) is 22.4 Å². The van der Waals surface area contributed by atoms with Crippen LogP contribution in [-0.2, 0) is 9.53 Å². The molecule has 0 aromatic heterocycles. The quantitative estimate of drug-likeness (QED) is 0.833. The molecule has 108 valence electrons. The first-order chi connectivity index (χ1) is 9.66. The number of ketones is 1. The third kappa shape index (κ3) is 2.33. The molecule has 1 N–H and O–H groups in total. The number of allylic oxidation sites excluding steroid dienone is 2. The van der Waals surface area contributed by atoms with Crippen LogP contribution in [0.5, 0.6) is 0 Å². The molecule has 3 aliphatic rings. The Labute approximate surface area is 119 Å². The molecule has 3 rings (SSSR count).